The first-order valence-corrected chi connectivity index (χ1v) is 9.62. The Hall–Kier alpha value is -1.78. The fraction of sp³-hybridized carbons (Fsp3) is 0.429. The molecule has 2 aromatic carbocycles. The molecule has 2 aliphatic rings. The summed E-state index contributed by atoms with van der Waals surface area (Å²) in [5, 5.41) is 20.7. The molecule has 0 saturated carbocycles. The van der Waals surface area contributed by atoms with Gasteiger partial charge >= 0.3 is 0 Å². The number of hydrogen-bond acceptors (Lipinski definition) is 4. The predicted octanol–water partition coefficient (Wildman–Crippen LogP) is 5.92. The van der Waals surface area contributed by atoms with E-state index in [0.717, 1.165) is 11.1 Å². The van der Waals surface area contributed by atoms with E-state index in [4.69, 9.17) is 32.7 Å². The fourth-order valence-corrected chi connectivity index (χ4v) is 4.80. The van der Waals surface area contributed by atoms with Crippen LogP contribution in [0, 0.1) is 0 Å². The summed E-state index contributed by atoms with van der Waals surface area (Å²) in [4.78, 5) is 0. The standard InChI is InChI=1S/C21H22Cl2O4/c1-19(2)9-21(26-17-7-15(24)13(22)5-11(17)19)10-20(3,4)12-6-14(23)16(25)8-18(12)27-21/h5-8,24-25H,9-10H2,1-4H3. The third-order valence-electron chi connectivity index (χ3n) is 5.57. The topological polar surface area (TPSA) is 58.9 Å². The highest BCUT2D eigenvalue weighted by molar-refractivity contribution is 6.32. The number of benzene rings is 2. The summed E-state index contributed by atoms with van der Waals surface area (Å²) in [5.41, 5.74) is 1.30. The van der Waals surface area contributed by atoms with Crippen LogP contribution < -0.4 is 9.47 Å². The van der Waals surface area contributed by atoms with Gasteiger partial charge in [-0.05, 0) is 12.1 Å². The van der Waals surface area contributed by atoms with E-state index in [1.54, 1.807) is 24.3 Å². The summed E-state index contributed by atoms with van der Waals surface area (Å²) in [6.45, 7) is 8.42. The monoisotopic (exact) mass is 408 g/mol. The molecule has 144 valence electrons. The van der Waals surface area contributed by atoms with Crippen LogP contribution in [-0.4, -0.2) is 16.0 Å². The van der Waals surface area contributed by atoms with Gasteiger partial charge in [-0.1, -0.05) is 50.9 Å². The molecule has 0 aromatic heterocycles. The Labute approximate surface area is 168 Å². The molecular formula is C21H22Cl2O4. The van der Waals surface area contributed by atoms with Gasteiger partial charge in [0, 0.05) is 46.9 Å². The van der Waals surface area contributed by atoms with Crippen LogP contribution in [0.25, 0.3) is 0 Å². The average molecular weight is 409 g/mol. The van der Waals surface area contributed by atoms with Gasteiger partial charge in [0.25, 0.3) is 5.79 Å². The van der Waals surface area contributed by atoms with Gasteiger partial charge in [-0.2, -0.15) is 0 Å². The molecule has 4 rings (SSSR count). The Bertz CT molecular complexity index is 872. The second-order valence-electron chi connectivity index (χ2n) is 8.84. The molecule has 0 radical (unpaired) electrons. The van der Waals surface area contributed by atoms with Crippen LogP contribution >= 0.6 is 23.2 Å². The van der Waals surface area contributed by atoms with Crippen molar-refractivity contribution in [1.29, 1.82) is 0 Å². The summed E-state index contributed by atoms with van der Waals surface area (Å²) in [7, 11) is 0. The van der Waals surface area contributed by atoms with Gasteiger partial charge in [0.2, 0.25) is 0 Å². The Kier molecular flexibility index (Phi) is 3.86. The number of hydrogen-bond donors (Lipinski definition) is 2. The lowest BCUT2D eigenvalue weighted by atomic mass is 9.69. The van der Waals surface area contributed by atoms with Crippen LogP contribution in [0.4, 0.5) is 0 Å². The zero-order chi connectivity index (χ0) is 19.8. The van der Waals surface area contributed by atoms with Gasteiger partial charge in [0.05, 0.1) is 10.0 Å². The third-order valence-corrected chi connectivity index (χ3v) is 6.18. The van der Waals surface area contributed by atoms with Crippen LogP contribution in [0.3, 0.4) is 0 Å². The molecule has 0 aliphatic carbocycles. The summed E-state index contributed by atoms with van der Waals surface area (Å²) in [6, 6.07) is 6.61. The quantitative estimate of drug-likeness (QED) is 0.567. The van der Waals surface area contributed by atoms with Crippen molar-refractivity contribution < 1.29 is 19.7 Å². The molecule has 0 bridgehead atoms. The van der Waals surface area contributed by atoms with Crippen molar-refractivity contribution >= 4 is 23.2 Å². The van der Waals surface area contributed by atoms with E-state index in [2.05, 4.69) is 27.7 Å². The maximum atomic E-state index is 10.1. The molecule has 0 saturated heterocycles. The van der Waals surface area contributed by atoms with Crippen molar-refractivity contribution in [2.75, 3.05) is 0 Å². The summed E-state index contributed by atoms with van der Waals surface area (Å²) in [5.74, 6) is 0.149. The van der Waals surface area contributed by atoms with E-state index in [1.165, 1.54) is 0 Å². The molecular weight excluding hydrogens is 387 g/mol. The van der Waals surface area contributed by atoms with Crippen molar-refractivity contribution in [3.8, 4) is 23.0 Å². The second kappa shape index (κ2) is 5.62. The lowest BCUT2D eigenvalue weighted by Gasteiger charge is -2.51. The van der Waals surface area contributed by atoms with Crippen LogP contribution in [-0.2, 0) is 10.8 Å². The molecule has 6 heteroatoms. The number of rotatable bonds is 0. The Balaban J connectivity index is 1.85. The summed E-state index contributed by atoms with van der Waals surface area (Å²) >= 11 is 12.2. The number of halogens is 2. The molecule has 2 aromatic rings. The van der Waals surface area contributed by atoms with E-state index < -0.39 is 5.79 Å². The maximum absolute atomic E-state index is 10.1. The zero-order valence-corrected chi connectivity index (χ0v) is 17.2. The van der Waals surface area contributed by atoms with Crippen molar-refractivity contribution in [1.82, 2.24) is 0 Å². The van der Waals surface area contributed by atoms with Crippen LogP contribution in [0.15, 0.2) is 24.3 Å². The minimum absolute atomic E-state index is 0.0248. The van der Waals surface area contributed by atoms with E-state index in [0.29, 0.717) is 34.4 Å². The van der Waals surface area contributed by atoms with Gasteiger partial charge < -0.3 is 19.7 Å². The fourth-order valence-electron chi connectivity index (χ4n) is 4.48. The van der Waals surface area contributed by atoms with Crippen molar-refractivity contribution in [2.24, 2.45) is 0 Å². The second-order valence-corrected chi connectivity index (χ2v) is 9.65. The molecule has 0 fully saturated rings. The van der Waals surface area contributed by atoms with Crippen molar-refractivity contribution in [3.63, 3.8) is 0 Å². The highest BCUT2D eigenvalue weighted by Gasteiger charge is 2.53. The molecule has 4 nitrogen and oxygen atoms in total. The van der Waals surface area contributed by atoms with Crippen LogP contribution in [0.2, 0.25) is 10.0 Å². The number of phenolic OH excluding ortho intramolecular Hbond substituents is 2. The van der Waals surface area contributed by atoms with E-state index >= 15 is 0 Å². The summed E-state index contributed by atoms with van der Waals surface area (Å²) < 4.78 is 12.7. The predicted molar refractivity (Wildman–Crippen MR) is 106 cm³/mol. The highest BCUT2D eigenvalue weighted by Crippen LogP contribution is 2.55. The smallest absolute Gasteiger partial charge is 0.252 e. The van der Waals surface area contributed by atoms with Crippen molar-refractivity contribution in [3.05, 3.63) is 45.4 Å². The van der Waals surface area contributed by atoms with Gasteiger partial charge in [-0.25, -0.2) is 0 Å². The SMILES string of the molecule is CC1(C)CC2(CC(C)(C)c3cc(Cl)c(O)cc3O2)Oc2cc(O)c(Cl)cc21. The average Bonchev–Trinajstić information content (AvgIpc) is 2.50. The van der Waals surface area contributed by atoms with Gasteiger partial charge in [-0.3, -0.25) is 0 Å². The number of aromatic hydroxyl groups is 2. The molecule has 0 unspecified atom stereocenters. The molecule has 1 spiro atoms. The maximum Gasteiger partial charge on any atom is 0.252 e. The minimum atomic E-state index is -0.923. The Morgan fingerprint density at radius 2 is 1.11 bits per heavy atom. The summed E-state index contributed by atoms with van der Waals surface area (Å²) in [6.07, 6.45) is 1.20. The zero-order valence-electron chi connectivity index (χ0n) is 15.7. The number of ether oxygens (including phenoxy) is 2. The normalized spacial score (nSPS) is 21.0. The molecule has 2 aliphatic heterocycles. The first-order chi connectivity index (χ1) is 12.4. The molecule has 2 heterocycles. The lowest BCUT2D eigenvalue weighted by molar-refractivity contribution is -0.166. The van der Waals surface area contributed by atoms with Gasteiger partial charge in [-0.15, -0.1) is 0 Å². The number of phenols is 2. The molecule has 27 heavy (non-hydrogen) atoms. The third kappa shape index (κ3) is 2.90. The minimum Gasteiger partial charge on any atom is -0.506 e. The molecule has 2 N–H and O–H groups in total. The highest BCUT2D eigenvalue weighted by atomic mass is 35.5. The molecule has 0 amide bonds. The van der Waals surface area contributed by atoms with E-state index in [-0.39, 0.29) is 22.3 Å². The Morgan fingerprint density at radius 3 is 1.48 bits per heavy atom. The van der Waals surface area contributed by atoms with Gasteiger partial charge in [0.1, 0.15) is 23.0 Å². The first-order valence-electron chi connectivity index (χ1n) is 8.87. The lowest BCUT2D eigenvalue weighted by Crippen LogP contribution is -2.55. The van der Waals surface area contributed by atoms with E-state index in [1.807, 2.05) is 0 Å². The largest absolute Gasteiger partial charge is 0.506 e. The number of fused-ring (bicyclic) bond motifs is 2. The van der Waals surface area contributed by atoms with Crippen LogP contribution in [0.1, 0.15) is 51.7 Å². The van der Waals surface area contributed by atoms with Gasteiger partial charge in [0.15, 0.2) is 0 Å². The van der Waals surface area contributed by atoms with Crippen molar-refractivity contribution in [2.45, 2.75) is 57.2 Å². The van der Waals surface area contributed by atoms with E-state index in [9.17, 15) is 10.2 Å². The Morgan fingerprint density at radius 1 is 0.741 bits per heavy atom. The van der Waals surface area contributed by atoms with Crippen LogP contribution in [0.5, 0.6) is 23.0 Å². The molecule has 0 atom stereocenters. The first kappa shape index (κ1) is 18.6.